The van der Waals surface area contributed by atoms with Crippen LogP contribution in [0.3, 0.4) is 0 Å². The third-order valence-electron chi connectivity index (χ3n) is 5.33. The van der Waals surface area contributed by atoms with Crippen LogP contribution in [0.1, 0.15) is 58.8 Å². The third kappa shape index (κ3) is 2.08. The Kier molecular flexibility index (Phi) is 3.71. The van der Waals surface area contributed by atoms with E-state index in [4.69, 9.17) is 0 Å². The van der Waals surface area contributed by atoms with E-state index in [0.29, 0.717) is 5.41 Å². The topological polar surface area (TPSA) is 12.0 Å². The summed E-state index contributed by atoms with van der Waals surface area (Å²) < 4.78 is 0. The van der Waals surface area contributed by atoms with Crippen LogP contribution in [0.4, 0.5) is 0 Å². The van der Waals surface area contributed by atoms with Crippen molar-refractivity contribution in [2.24, 2.45) is 17.3 Å². The SMILES string of the molecule is CCC1(CC)CCNCC1C1CCCC1. The van der Waals surface area contributed by atoms with Crippen LogP contribution in [-0.4, -0.2) is 13.1 Å². The molecule has 0 aromatic heterocycles. The molecule has 88 valence electrons. The second-order valence-corrected chi connectivity index (χ2v) is 5.67. The molecule has 0 aromatic carbocycles. The van der Waals surface area contributed by atoms with Crippen LogP contribution in [0.25, 0.3) is 0 Å². The van der Waals surface area contributed by atoms with Gasteiger partial charge in [0.1, 0.15) is 0 Å². The molecular formula is C14H27N. The van der Waals surface area contributed by atoms with Crippen LogP contribution in [0.2, 0.25) is 0 Å². The van der Waals surface area contributed by atoms with Gasteiger partial charge in [-0.25, -0.2) is 0 Å². The summed E-state index contributed by atoms with van der Waals surface area (Å²) >= 11 is 0. The average molecular weight is 209 g/mol. The lowest BCUT2D eigenvalue weighted by atomic mass is 9.62. The molecule has 2 rings (SSSR count). The van der Waals surface area contributed by atoms with Gasteiger partial charge in [0, 0.05) is 0 Å². The zero-order valence-corrected chi connectivity index (χ0v) is 10.5. The van der Waals surface area contributed by atoms with Crippen molar-refractivity contribution in [3.05, 3.63) is 0 Å². The molecule has 1 unspecified atom stereocenters. The molecule has 2 aliphatic rings. The fraction of sp³-hybridized carbons (Fsp3) is 1.00. The first kappa shape index (κ1) is 11.4. The number of hydrogen-bond acceptors (Lipinski definition) is 1. The Hall–Kier alpha value is -0.0400. The molecule has 0 aromatic rings. The van der Waals surface area contributed by atoms with Crippen molar-refractivity contribution < 1.29 is 0 Å². The molecule has 0 bridgehead atoms. The van der Waals surface area contributed by atoms with Gasteiger partial charge in [-0.05, 0) is 36.8 Å². The number of hydrogen-bond donors (Lipinski definition) is 1. The molecule has 0 radical (unpaired) electrons. The van der Waals surface area contributed by atoms with E-state index >= 15 is 0 Å². The molecule has 1 heterocycles. The van der Waals surface area contributed by atoms with Gasteiger partial charge in [0.25, 0.3) is 0 Å². The Morgan fingerprint density at radius 1 is 1.13 bits per heavy atom. The Morgan fingerprint density at radius 3 is 2.40 bits per heavy atom. The fourth-order valence-corrected chi connectivity index (χ4v) is 4.15. The molecule has 0 spiro atoms. The summed E-state index contributed by atoms with van der Waals surface area (Å²) in [7, 11) is 0. The largest absolute Gasteiger partial charge is 0.316 e. The molecule has 2 fully saturated rings. The highest BCUT2D eigenvalue weighted by molar-refractivity contribution is 4.94. The maximum Gasteiger partial charge on any atom is -0.00125 e. The first-order chi connectivity index (χ1) is 7.32. The molecule has 0 amide bonds. The molecule has 1 aliphatic carbocycles. The minimum Gasteiger partial charge on any atom is -0.316 e. The lowest BCUT2D eigenvalue weighted by Gasteiger charge is -2.47. The van der Waals surface area contributed by atoms with Gasteiger partial charge < -0.3 is 5.32 Å². The fourth-order valence-electron chi connectivity index (χ4n) is 4.15. The predicted molar refractivity (Wildman–Crippen MR) is 65.9 cm³/mol. The van der Waals surface area contributed by atoms with Crippen LogP contribution in [0.15, 0.2) is 0 Å². The van der Waals surface area contributed by atoms with Crippen molar-refractivity contribution in [3.8, 4) is 0 Å². The highest BCUT2D eigenvalue weighted by atomic mass is 14.9. The van der Waals surface area contributed by atoms with E-state index in [2.05, 4.69) is 19.2 Å². The zero-order valence-electron chi connectivity index (χ0n) is 10.5. The summed E-state index contributed by atoms with van der Waals surface area (Å²) in [5.41, 5.74) is 0.681. The minimum atomic E-state index is 0.681. The van der Waals surface area contributed by atoms with E-state index in [-0.39, 0.29) is 0 Å². The Morgan fingerprint density at radius 2 is 1.80 bits per heavy atom. The van der Waals surface area contributed by atoms with Gasteiger partial charge in [0.15, 0.2) is 0 Å². The maximum atomic E-state index is 3.64. The smallest absolute Gasteiger partial charge is 0.00125 e. The van der Waals surface area contributed by atoms with E-state index in [1.807, 2.05) is 0 Å². The molecule has 1 heteroatoms. The number of rotatable bonds is 3. The monoisotopic (exact) mass is 209 g/mol. The first-order valence-electron chi connectivity index (χ1n) is 7.03. The van der Waals surface area contributed by atoms with Crippen molar-refractivity contribution in [2.75, 3.05) is 13.1 Å². The summed E-state index contributed by atoms with van der Waals surface area (Å²) in [5.74, 6) is 2.02. The quantitative estimate of drug-likeness (QED) is 0.749. The van der Waals surface area contributed by atoms with Gasteiger partial charge in [-0.2, -0.15) is 0 Å². The standard InChI is InChI=1S/C14H27N/c1-3-14(4-2)9-10-15-11-13(14)12-7-5-6-8-12/h12-13,15H,3-11H2,1-2H3. The van der Waals surface area contributed by atoms with Crippen LogP contribution < -0.4 is 5.32 Å². The van der Waals surface area contributed by atoms with Crippen molar-refractivity contribution in [3.63, 3.8) is 0 Å². The average Bonchev–Trinajstić information content (AvgIpc) is 2.82. The molecule has 1 aliphatic heterocycles. The summed E-state index contributed by atoms with van der Waals surface area (Å²) in [5, 5.41) is 3.64. The lowest BCUT2D eigenvalue weighted by molar-refractivity contribution is 0.0515. The highest BCUT2D eigenvalue weighted by Crippen LogP contribution is 2.48. The second kappa shape index (κ2) is 4.86. The van der Waals surface area contributed by atoms with E-state index < -0.39 is 0 Å². The van der Waals surface area contributed by atoms with E-state index in [1.54, 1.807) is 0 Å². The Bertz CT molecular complexity index is 190. The zero-order chi connectivity index (χ0) is 10.7. The molecule has 1 N–H and O–H groups in total. The maximum absolute atomic E-state index is 3.64. The highest BCUT2D eigenvalue weighted by Gasteiger charge is 2.42. The van der Waals surface area contributed by atoms with Crippen LogP contribution in [0.5, 0.6) is 0 Å². The van der Waals surface area contributed by atoms with Gasteiger partial charge in [-0.1, -0.05) is 52.4 Å². The third-order valence-corrected chi connectivity index (χ3v) is 5.33. The van der Waals surface area contributed by atoms with Crippen LogP contribution >= 0.6 is 0 Å². The summed E-state index contributed by atoms with van der Waals surface area (Å²) in [4.78, 5) is 0. The Labute approximate surface area is 95.0 Å². The van der Waals surface area contributed by atoms with Gasteiger partial charge in [0.2, 0.25) is 0 Å². The molecule has 15 heavy (non-hydrogen) atoms. The van der Waals surface area contributed by atoms with Crippen LogP contribution in [-0.2, 0) is 0 Å². The second-order valence-electron chi connectivity index (χ2n) is 5.67. The van der Waals surface area contributed by atoms with Crippen molar-refractivity contribution >= 4 is 0 Å². The van der Waals surface area contributed by atoms with Crippen molar-refractivity contribution in [1.82, 2.24) is 5.32 Å². The van der Waals surface area contributed by atoms with Gasteiger partial charge in [-0.3, -0.25) is 0 Å². The van der Waals surface area contributed by atoms with E-state index in [1.165, 1.54) is 58.0 Å². The van der Waals surface area contributed by atoms with Gasteiger partial charge in [-0.15, -0.1) is 0 Å². The molecule has 1 nitrogen and oxygen atoms in total. The summed E-state index contributed by atoms with van der Waals surface area (Å²) in [6, 6.07) is 0. The van der Waals surface area contributed by atoms with Gasteiger partial charge in [0.05, 0.1) is 0 Å². The Balaban J connectivity index is 2.10. The normalized spacial score (nSPS) is 32.0. The van der Waals surface area contributed by atoms with Crippen LogP contribution in [0, 0.1) is 17.3 Å². The molecule has 1 saturated heterocycles. The minimum absolute atomic E-state index is 0.681. The number of piperidine rings is 1. The summed E-state index contributed by atoms with van der Waals surface area (Å²) in [6.45, 7) is 7.38. The molecular weight excluding hydrogens is 182 g/mol. The molecule has 1 atom stereocenters. The van der Waals surface area contributed by atoms with E-state index in [0.717, 1.165) is 11.8 Å². The lowest BCUT2D eigenvalue weighted by Crippen LogP contribution is -2.47. The number of nitrogens with one attached hydrogen (secondary N) is 1. The van der Waals surface area contributed by atoms with E-state index in [9.17, 15) is 0 Å². The predicted octanol–water partition coefficient (Wildman–Crippen LogP) is 3.59. The summed E-state index contributed by atoms with van der Waals surface area (Å²) in [6.07, 6.45) is 10.2. The van der Waals surface area contributed by atoms with Crippen molar-refractivity contribution in [2.45, 2.75) is 58.8 Å². The first-order valence-corrected chi connectivity index (χ1v) is 7.03. The van der Waals surface area contributed by atoms with Gasteiger partial charge >= 0.3 is 0 Å². The molecule has 1 saturated carbocycles. The van der Waals surface area contributed by atoms with Crippen molar-refractivity contribution in [1.29, 1.82) is 0 Å².